The van der Waals surface area contributed by atoms with E-state index in [9.17, 15) is 4.79 Å². The summed E-state index contributed by atoms with van der Waals surface area (Å²) >= 11 is 0. The van der Waals surface area contributed by atoms with Crippen LogP contribution >= 0.6 is 0 Å². The molecule has 4 heteroatoms. The zero-order valence-electron chi connectivity index (χ0n) is 9.25. The molecule has 17 heavy (non-hydrogen) atoms. The van der Waals surface area contributed by atoms with Crippen LogP contribution in [0.2, 0.25) is 0 Å². The van der Waals surface area contributed by atoms with Crippen LogP contribution in [0.25, 0.3) is 11.1 Å². The van der Waals surface area contributed by atoms with Crippen molar-refractivity contribution in [2.45, 2.75) is 0 Å². The van der Waals surface area contributed by atoms with Gasteiger partial charge in [0.15, 0.2) is 0 Å². The lowest BCUT2D eigenvalue weighted by Gasteiger charge is -2.07. The Labute approximate surface area is 98.6 Å². The normalized spacial score (nSPS) is 9.47. The first-order valence-corrected chi connectivity index (χ1v) is 5.01. The summed E-state index contributed by atoms with van der Waals surface area (Å²) in [6.07, 6.45) is 4.69. The predicted molar refractivity (Wildman–Crippen MR) is 64.0 cm³/mol. The largest absolute Gasteiger partial charge is 0.496 e. The molecule has 2 rings (SSSR count). The monoisotopic (exact) mass is 226 g/mol. The molecule has 4 nitrogen and oxygen atoms in total. The fourth-order valence-electron chi connectivity index (χ4n) is 1.57. The number of nitrogens with zero attached hydrogens (tertiary/aromatic N) is 2. The summed E-state index contributed by atoms with van der Waals surface area (Å²) in [4.78, 5) is 17.8. The third-order valence-corrected chi connectivity index (χ3v) is 2.32. The van der Waals surface area contributed by atoms with Crippen LogP contribution in [-0.2, 0) is 4.79 Å². The van der Waals surface area contributed by atoms with E-state index >= 15 is 0 Å². The molecule has 0 aliphatic rings. The highest BCUT2D eigenvalue weighted by atomic mass is 16.5. The second-order valence-electron chi connectivity index (χ2n) is 3.34. The van der Waals surface area contributed by atoms with Gasteiger partial charge in [0.2, 0.25) is 6.08 Å². The number of hydrogen-bond acceptors (Lipinski definition) is 4. The minimum Gasteiger partial charge on any atom is -0.496 e. The van der Waals surface area contributed by atoms with Crippen LogP contribution in [0.1, 0.15) is 0 Å². The van der Waals surface area contributed by atoms with Gasteiger partial charge in [-0.2, -0.15) is 4.99 Å². The van der Waals surface area contributed by atoms with Gasteiger partial charge in [-0.3, -0.25) is 4.98 Å². The minimum absolute atomic E-state index is 0.475. The van der Waals surface area contributed by atoms with Crippen LogP contribution in [0.5, 0.6) is 5.75 Å². The lowest BCUT2D eigenvalue weighted by molar-refractivity contribution is 0.416. The van der Waals surface area contributed by atoms with Gasteiger partial charge in [0.25, 0.3) is 0 Å². The summed E-state index contributed by atoms with van der Waals surface area (Å²) < 4.78 is 5.26. The molecule has 0 atom stereocenters. The van der Waals surface area contributed by atoms with Crippen LogP contribution in [0.4, 0.5) is 5.69 Å². The van der Waals surface area contributed by atoms with E-state index in [0.717, 1.165) is 16.9 Å². The summed E-state index contributed by atoms with van der Waals surface area (Å²) in [5, 5.41) is 0. The third-order valence-electron chi connectivity index (χ3n) is 2.32. The number of isocyanates is 1. The second kappa shape index (κ2) is 5.05. The van der Waals surface area contributed by atoms with Gasteiger partial charge in [0.05, 0.1) is 19.0 Å². The molecule has 84 valence electrons. The Bertz CT molecular complexity index is 575. The number of ether oxygens (including phenoxy) is 1. The van der Waals surface area contributed by atoms with Crippen LogP contribution in [0.15, 0.2) is 47.7 Å². The van der Waals surface area contributed by atoms with Gasteiger partial charge in [-0.05, 0) is 12.1 Å². The summed E-state index contributed by atoms with van der Waals surface area (Å²) in [6.45, 7) is 0. The summed E-state index contributed by atoms with van der Waals surface area (Å²) in [5.41, 5.74) is 2.23. The predicted octanol–water partition coefficient (Wildman–Crippen LogP) is 2.72. The van der Waals surface area contributed by atoms with E-state index in [-0.39, 0.29) is 0 Å². The Hall–Kier alpha value is -2.45. The Kier molecular flexibility index (Phi) is 3.28. The van der Waals surface area contributed by atoms with Crippen molar-refractivity contribution in [1.29, 1.82) is 0 Å². The summed E-state index contributed by atoms with van der Waals surface area (Å²) in [7, 11) is 1.61. The molecular formula is C13H10N2O2. The lowest BCUT2D eigenvalue weighted by Crippen LogP contribution is -1.87. The van der Waals surface area contributed by atoms with Gasteiger partial charge < -0.3 is 4.74 Å². The molecular weight excluding hydrogens is 216 g/mol. The number of aromatic nitrogens is 1. The van der Waals surface area contributed by atoms with Crippen LogP contribution in [-0.4, -0.2) is 18.2 Å². The van der Waals surface area contributed by atoms with Gasteiger partial charge in [0, 0.05) is 17.3 Å². The summed E-state index contributed by atoms with van der Waals surface area (Å²) in [5.74, 6) is 0.751. The van der Waals surface area contributed by atoms with Gasteiger partial charge in [0.1, 0.15) is 5.75 Å². The number of para-hydroxylation sites is 1. The molecule has 0 aliphatic carbocycles. The van der Waals surface area contributed by atoms with Gasteiger partial charge >= 0.3 is 0 Å². The molecule has 0 unspecified atom stereocenters. The smallest absolute Gasteiger partial charge is 0.240 e. The van der Waals surface area contributed by atoms with Gasteiger partial charge in [-0.15, -0.1) is 0 Å². The molecule has 0 bridgehead atoms. The Morgan fingerprint density at radius 1 is 1.29 bits per heavy atom. The molecule has 1 aromatic heterocycles. The van der Waals surface area contributed by atoms with Gasteiger partial charge in [-0.1, -0.05) is 18.2 Å². The fraction of sp³-hybridized carbons (Fsp3) is 0.0769. The zero-order valence-corrected chi connectivity index (χ0v) is 9.25. The number of benzene rings is 1. The molecule has 1 heterocycles. The van der Waals surface area contributed by atoms with E-state index in [0.29, 0.717) is 5.69 Å². The average molecular weight is 226 g/mol. The van der Waals surface area contributed by atoms with E-state index in [1.54, 1.807) is 19.4 Å². The Balaban J connectivity index is 2.52. The summed E-state index contributed by atoms with van der Waals surface area (Å²) in [6, 6.07) is 9.35. The highest BCUT2D eigenvalue weighted by molar-refractivity contribution is 5.72. The van der Waals surface area contributed by atoms with E-state index < -0.39 is 0 Å². The molecule has 0 saturated carbocycles. The van der Waals surface area contributed by atoms with Crippen molar-refractivity contribution in [2.24, 2.45) is 4.99 Å². The minimum atomic E-state index is 0.475. The molecule has 0 aliphatic heterocycles. The zero-order chi connectivity index (χ0) is 12.1. The maximum atomic E-state index is 10.2. The molecule has 0 N–H and O–H groups in total. The van der Waals surface area contributed by atoms with Gasteiger partial charge in [-0.25, -0.2) is 4.79 Å². The third kappa shape index (κ3) is 2.38. The topological polar surface area (TPSA) is 51.6 Å². The van der Waals surface area contributed by atoms with Crippen LogP contribution < -0.4 is 4.74 Å². The first kappa shape index (κ1) is 11.0. The molecule has 2 aromatic rings. The SMILES string of the molecule is COc1ccccc1-c1cncc(N=C=O)c1. The number of hydrogen-bond donors (Lipinski definition) is 0. The van der Waals surface area contributed by atoms with Crippen molar-refractivity contribution >= 4 is 11.8 Å². The average Bonchev–Trinajstić information content (AvgIpc) is 2.39. The molecule has 0 saturated heterocycles. The number of aliphatic imine (C=N–C) groups is 1. The van der Waals surface area contributed by atoms with Crippen molar-refractivity contribution in [1.82, 2.24) is 4.98 Å². The first-order valence-electron chi connectivity index (χ1n) is 5.01. The van der Waals surface area contributed by atoms with E-state index in [1.807, 2.05) is 24.3 Å². The molecule has 0 spiro atoms. The van der Waals surface area contributed by atoms with Crippen LogP contribution in [0, 0.1) is 0 Å². The van der Waals surface area contributed by atoms with E-state index in [4.69, 9.17) is 4.74 Å². The lowest BCUT2D eigenvalue weighted by atomic mass is 10.1. The van der Waals surface area contributed by atoms with Crippen molar-refractivity contribution in [2.75, 3.05) is 7.11 Å². The maximum absolute atomic E-state index is 10.2. The van der Waals surface area contributed by atoms with Crippen molar-refractivity contribution < 1.29 is 9.53 Å². The van der Waals surface area contributed by atoms with Crippen molar-refractivity contribution in [3.8, 4) is 16.9 Å². The Morgan fingerprint density at radius 3 is 2.88 bits per heavy atom. The number of pyridine rings is 1. The Morgan fingerprint density at radius 2 is 2.12 bits per heavy atom. The maximum Gasteiger partial charge on any atom is 0.240 e. The standard InChI is InChI=1S/C13H10N2O2/c1-17-13-5-3-2-4-12(13)10-6-11(15-9-16)8-14-7-10/h2-8H,1H3. The second-order valence-corrected chi connectivity index (χ2v) is 3.34. The van der Waals surface area contributed by atoms with E-state index in [2.05, 4.69) is 9.98 Å². The van der Waals surface area contributed by atoms with Crippen molar-refractivity contribution in [3.05, 3.63) is 42.7 Å². The van der Waals surface area contributed by atoms with Crippen molar-refractivity contribution in [3.63, 3.8) is 0 Å². The fourth-order valence-corrected chi connectivity index (χ4v) is 1.57. The number of methoxy groups -OCH3 is 1. The molecule has 0 radical (unpaired) electrons. The first-order chi connectivity index (χ1) is 8.35. The highest BCUT2D eigenvalue weighted by Gasteiger charge is 2.05. The molecule has 0 amide bonds. The molecule has 1 aromatic carbocycles. The highest BCUT2D eigenvalue weighted by Crippen LogP contribution is 2.30. The quantitative estimate of drug-likeness (QED) is 0.597. The number of rotatable bonds is 3. The van der Waals surface area contributed by atoms with Crippen LogP contribution in [0.3, 0.4) is 0 Å². The number of carbonyl (C=O) groups excluding carboxylic acids is 1. The van der Waals surface area contributed by atoms with E-state index in [1.165, 1.54) is 12.3 Å². The molecule has 0 fully saturated rings.